The van der Waals surface area contributed by atoms with Gasteiger partial charge in [-0.1, -0.05) is 18.2 Å². The Balaban J connectivity index is 2.22. The number of hydrogen-bond donors (Lipinski definition) is 1. The Kier molecular flexibility index (Phi) is 4.84. The van der Waals surface area contributed by atoms with Crippen LogP contribution in [-0.2, 0) is 19.6 Å². The normalized spacial score (nSPS) is 17.6. The molecule has 0 aliphatic carbocycles. The van der Waals surface area contributed by atoms with Crippen molar-refractivity contribution in [3.05, 3.63) is 29.8 Å². The van der Waals surface area contributed by atoms with Gasteiger partial charge < -0.3 is 10.5 Å². The molecule has 1 heterocycles. The Morgan fingerprint density at radius 2 is 2.14 bits per heavy atom. The number of carbonyl (C=O) groups is 1. The minimum atomic E-state index is -3.54. The second kappa shape index (κ2) is 6.44. The number of nitrogens with two attached hydrogens (primary N) is 1. The van der Waals surface area contributed by atoms with Gasteiger partial charge in [0.1, 0.15) is 0 Å². The first-order valence-electron chi connectivity index (χ1n) is 6.86. The average Bonchev–Trinajstić information content (AvgIpc) is 2.85. The molecule has 1 unspecified atom stereocenters. The lowest BCUT2D eigenvalue weighted by Gasteiger charge is -2.19. The van der Waals surface area contributed by atoms with Gasteiger partial charge in [0.05, 0.1) is 25.0 Å². The number of nitrogens with zero attached hydrogens (tertiary/aromatic N) is 1. The van der Waals surface area contributed by atoms with Crippen LogP contribution in [-0.4, -0.2) is 40.3 Å². The molecule has 7 heteroatoms. The second-order valence-electron chi connectivity index (χ2n) is 5.01. The fourth-order valence-corrected chi connectivity index (χ4v) is 4.11. The number of carbonyl (C=O) groups excluding carboxylic acids is 1. The van der Waals surface area contributed by atoms with Crippen LogP contribution < -0.4 is 10.0 Å². The molecule has 0 saturated heterocycles. The van der Waals surface area contributed by atoms with Gasteiger partial charge in [0, 0.05) is 12.5 Å². The van der Waals surface area contributed by atoms with Crippen LogP contribution in [0, 0.1) is 0 Å². The smallest absolute Gasteiger partial charge is 0.306 e. The molecule has 21 heavy (non-hydrogen) atoms. The molecule has 0 fully saturated rings. The second-order valence-corrected chi connectivity index (χ2v) is 7.02. The fraction of sp³-hybridized carbons (Fsp3) is 0.500. The monoisotopic (exact) mass is 312 g/mol. The average molecular weight is 312 g/mol. The van der Waals surface area contributed by atoms with E-state index in [0.717, 1.165) is 12.0 Å². The molecule has 1 aliphatic heterocycles. The number of para-hydroxylation sites is 1. The Labute approximate surface area is 124 Å². The van der Waals surface area contributed by atoms with Gasteiger partial charge in [-0.05, 0) is 24.6 Å². The van der Waals surface area contributed by atoms with Gasteiger partial charge in [0.15, 0.2) is 0 Å². The quantitative estimate of drug-likeness (QED) is 0.786. The molecule has 2 N–H and O–H groups in total. The summed E-state index contributed by atoms with van der Waals surface area (Å²) in [6.07, 6.45) is 0.596. The van der Waals surface area contributed by atoms with Crippen molar-refractivity contribution in [2.75, 3.05) is 30.3 Å². The van der Waals surface area contributed by atoms with E-state index in [0.29, 0.717) is 18.8 Å². The maximum atomic E-state index is 12.5. The van der Waals surface area contributed by atoms with Crippen molar-refractivity contribution >= 4 is 21.7 Å². The molecule has 0 amide bonds. The third-order valence-electron chi connectivity index (χ3n) is 3.67. The zero-order chi connectivity index (χ0) is 15.5. The van der Waals surface area contributed by atoms with Crippen LogP contribution in [0.1, 0.15) is 24.3 Å². The molecule has 2 rings (SSSR count). The highest BCUT2D eigenvalue weighted by molar-refractivity contribution is 7.92. The minimum absolute atomic E-state index is 0.110. The van der Waals surface area contributed by atoms with E-state index in [9.17, 15) is 13.2 Å². The lowest BCUT2D eigenvalue weighted by molar-refractivity contribution is -0.140. The number of hydrogen-bond acceptors (Lipinski definition) is 5. The first-order valence-corrected chi connectivity index (χ1v) is 8.46. The van der Waals surface area contributed by atoms with Crippen molar-refractivity contribution in [2.24, 2.45) is 5.73 Å². The summed E-state index contributed by atoms with van der Waals surface area (Å²) in [5.41, 5.74) is 7.31. The zero-order valence-electron chi connectivity index (χ0n) is 12.0. The molecule has 0 radical (unpaired) electrons. The van der Waals surface area contributed by atoms with Crippen LogP contribution in [0.4, 0.5) is 5.69 Å². The number of esters is 1. The number of ether oxygens (including phenoxy) is 1. The maximum absolute atomic E-state index is 12.5. The van der Waals surface area contributed by atoms with E-state index in [1.807, 2.05) is 18.2 Å². The summed E-state index contributed by atoms with van der Waals surface area (Å²) >= 11 is 0. The van der Waals surface area contributed by atoms with E-state index < -0.39 is 16.0 Å². The fourth-order valence-electron chi connectivity index (χ4n) is 2.59. The van der Waals surface area contributed by atoms with Crippen molar-refractivity contribution in [3.8, 4) is 0 Å². The van der Waals surface area contributed by atoms with Crippen molar-refractivity contribution in [1.82, 2.24) is 0 Å². The van der Waals surface area contributed by atoms with E-state index >= 15 is 0 Å². The standard InChI is InChI=1S/C14H20N2O4S/c1-20-14(17)7-9-21(18,19)16-10-11(6-8-15)12-4-2-3-5-13(12)16/h2-5,11H,6-10,15H2,1H3. The van der Waals surface area contributed by atoms with E-state index in [-0.39, 0.29) is 18.1 Å². The van der Waals surface area contributed by atoms with Crippen molar-refractivity contribution in [2.45, 2.75) is 18.8 Å². The van der Waals surface area contributed by atoms with Gasteiger partial charge >= 0.3 is 5.97 Å². The van der Waals surface area contributed by atoms with Gasteiger partial charge in [-0.15, -0.1) is 0 Å². The summed E-state index contributed by atoms with van der Waals surface area (Å²) in [6, 6.07) is 7.44. The van der Waals surface area contributed by atoms with Gasteiger partial charge in [-0.2, -0.15) is 0 Å². The Hall–Kier alpha value is -1.60. The Morgan fingerprint density at radius 1 is 1.43 bits per heavy atom. The van der Waals surface area contributed by atoms with Crippen LogP contribution >= 0.6 is 0 Å². The molecule has 0 aromatic heterocycles. The molecule has 0 bridgehead atoms. The number of sulfonamides is 1. The number of anilines is 1. The first kappa shape index (κ1) is 15.8. The number of fused-ring (bicyclic) bond motifs is 1. The maximum Gasteiger partial charge on any atom is 0.306 e. The summed E-state index contributed by atoms with van der Waals surface area (Å²) in [4.78, 5) is 11.2. The Bertz CT molecular complexity index is 615. The lowest BCUT2D eigenvalue weighted by Crippen LogP contribution is -2.33. The lowest BCUT2D eigenvalue weighted by atomic mass is 9.98. The molecule has 1 aromatic carbocycles. The largest absolute Gasteiger partial charge is 0.469 e. The van der Waals surface area contributed by atoms with Gasteiger partial charge in [0.2, 0.25) is 10.0 Å². The van der Waals surface area contributed by atoms with E-state index in [1.165, 1.54) is 11.4 Å². The van der Waals surface area contributed by atoms with Crippen molar-refractivity contribution in [3.63, 3.8) is 0 Å². The number of methoxy groups -OCH3 is 1. The summed E-state index contributed by atoms with van der Waals surface area (Å²) in [5, 5.41) is 0. The van der Waals surface area contributed by atoms with Crippen LogP contribution in [0.15, 0.2) is 24.3 Å². The Morgan fingerprint density at radius 3 is 2.81 bits per heavy atom. The predicted octanol–water partition coefficient (Wildman–Crippen LogP) is 0.832. The molecular formula is C14H20N2O4S. The molecule has 0 saturated carbocycles. The number of benzene rings is 1. The highest BCUT2D eigenvalue weighted by atomic mass is 32.2. The van der Waals surface area contributed by atoms with E-state index in [2.05, 4.69) is 4.74 Å². The highest BCUT2D eigenvalue weighted by Gasteiger charge is 2.35. The van der Waals surface area contributed by atoms with Crippen LogP contribution in [0.3, 0.4) is 0 Å². The van der Waals surface area contributed by atoms with Crippen LogP contribution in [0.25, 0.3) is 0 Å². The van der Waals surface area contributed by atoms with Crippen LogP contribution in [0.2, 0.25) is 0 Å². The number of rotatable bonds is 6. The summed E-state index contributed by atoms with van der Waals surface area (Å²) in [5.74, 6) is -0.660. The summed E-state index contributed by atoms with van der Waals surface area (Å²) in [7, 11) is -2.29. The third-order valence-corrected chi connectivity index (χ3v) is 5.41. The molecule has 1 aliphatic rings. The molecular weight excluding hydrogens is 292 g/mol. The molecule has 1 atom stereocenters. The predicted molar refractivity (Wildman–Crippen MR) is 80.6 cm³/mol. The van der Waals surface area contributed by atoms with Gasteiger partial charge in [0.25, 0.3) is 0 Å². The van der Waals surface area contributed by atoms with Gasteiger partial charge in [-0.3, -0.25) is 9.10 Å². The highest BCUT2D eigenvalue weighted by Crippen LogP contribution is 2.39. The van der Waals surface area contributed by atoms with Crippen LogP contribution in [0.5, 0.6) is 0 Å². The third kappa shape index (κ3) is 3.36. The zero-order valence-corrected chi connectivity index (χ0v) is 12.8. The van der Waals surface area contributed by atoms with E-state index in [4.69, 9.17) is 5.73 Å². The summed E-state index contributed by atoms with van der Waals surface area (Å²) in [6.45, 7) is 0.898. The van der Waals surface area contributed by atoms with Crippen molar-refractivity contribution in [1.29, 1.82) is 0 Å². The van der Waals surface area contributed by atoms with Crippen molar-refractivity contribution < 1.29 is 17.9 Å². The molecule has 0 spiro atoms. The first-order chi connectivity index (χ1) is 9.99. The topological polar surface area (TPSA) is 89.7 Å². The molecule has 116 valence electrons. The summed E-state index contributed by atoms with van der Waals surface area (Å²) < 4.78 is 30.8. The molecule has 1 aromatic rings. The molecule has 6 nitrogen and oxygen atoms in total. The van der Waals surface area contributed by atoms with Gasteiger partial charge in [-0.25, -0.2) is 8.42 Å². The van der Waals surface area contributed by atoms with E-state index in [1.54, 1.807) is 6.07 Å². The minimum Gasteiger partial charge on any atom is -0.469 e. The SMILES string of the molecule is COC(=O)CCS(=O)(=O)N1CC(CCN)c2ccccc21.